The van der Waals surface area contributed by atoms with Crippen molar-refractivity contribution in [1.82, 2.24) is 5.32 Å². The predicted octanol–water partition coefficient (Wildman–Crippen LogP) is 10.7. The molecule has 0 saturated carbocycles. The highest BCUT2D eigenvalue weighted by Gasteiger charge is 2.53. The van der Waals surface area contributed by atoms with Gasteiger partial charge in [0.15, 0.2) is 18.9 Å². The highest BCUT2D eigenvalue weighted by atomic mass is 16.8. The molecule has 3 fully saturated rings. The molecule has 3 aliphatic heterocycles. The average Bonchev–Trinajstić information content (AvgIpc) is 1.06. The van der Waals surface area contributed by atoms with Gasteiger partial charge in [0.05, 0.1) is 38.6 Å². The molecule has 12 N–H and O–H groups in total. The van der Waals surface area contributed by atoms with Gasteiger partial charge in [-0.15, -0.1) is 0 Å². The second-order valence-corrected chi connectivity index (χ2v) is 27.1. The number of rotatable bonds is 59. The zero-order chi connectivity index (χ0) is 65.4. The smallest absolute Gasteiger partial charge is 0.220 e. The van der Waals surface area contributed by atoms with Gasteiger partial charge >= 0.3 is 0 Å². The second-order valence-electron chi connectivity index (χ2n) is 27.1. The first-order valence-corrected chi connectivity index (χ1v) is 37.3. The fourth-order valence-corrected chi connectivity index (χ4v) is 13.1. The highest BCUT2D eigenvalue weighted by molar-refractivity contribution is 5.76. The van der Waals surface area contributed by atoms with Gasteiger partial charge in [0, 0.05) is 6.42 Å². The van der Waals surface area contributed by atoms with Crippen LogP contribution < -0.4 is 5.32 Å². The van der Waals surface area contributed by atoms with Gasteiger partial charge in [-0.1, -0.05) is 296 Å². The minimum absolute atomic E-state index is 0.235. The largest absolute Gasteiger partial charge is 0.394 e. The summed E-state index contributed by atoms with van der Waals surface area (Å²) < 4.78 is 34.4. The van der Waals surface area contributed by atoms with Crippen LogP contribution in [0, 0.1) is 0 Å². The lowest BCUT2D eigenvalue weighted by atomic mass is 9.96. The zero-order valence-corrected chi connectivity index (χ0v) is 56.7. The maximum absolute atomic E-state index is 13.4. The van der Waals surface area contributed by atoms with E-state index in [0.29, 0.717) is 12.8 Å². The van der Waals surface area contributed by atoms with Crippen molar-refractivity contribution in [1.29, 1.82) is 0 Å². The molecule has 0 aromatic heterocycles. The molecule has 1 amide bonds. The summed E-state index contributed by atoms with van der Waals surface area (Å²) in [5.41, 5.74) is 0. The van der Waals surface area contributed by atoms with Gasteiger partial charge in [0.2, 0.25) is 5.91 Å². The van der Waals surface area contributed by atoms with E-state index in [-0.39, 0.29) is 18.9 Å². The molecule has 0 spiro atoms. The number of nitrogens with one attached hydrogen (secondary N) is 1. The lowest BCUT2D eigenvalue weighted by molar-refractivity contribution is -0.379. The summed E-state index contributed by atoms with van der Waals surface area (Å²) in [6, 6.07) is -0.881. The standard InChI is InChI=1S/C71H137NO18/c1-3-5-7-9-11-13-15-17-18-19-20-21-22-23-24-25-26-27-28-29-30-31-32-33-34-35-37-39-41-43-45-47-49-59(77)72-54(55(76)48-46-44-42-40-38-36-16-14-12-10-8-6-4-2)53-85-69-65(83)62(80)67(57(51-74)87-69)90-71-66(84)63(81)68(58(52-75)88-71)89-70-64(82)61(79)60(78)56(50-73)86-70/h54-58,60-71,73-76,78-84H,3-53H2,1-2H3,(H,72,77). The van der Waals surface area contributed by atoms with Crippen molar-refractivity contribution in [2.45, 2.75) is 420 Å². The number of carbonyl (C=O) groups excluding carboxylic acids is 1. The molecule has 17 atom stereocenters. The van der Waals surface area contributed by atoms with E-state index in [1.165, 1.54) is 238 Å². The van der Waals surface area contributed by atoms with Crippen molar-refractivity contribution in [2.75, 3.05) is 26.4 Å². The van der Waals surface area contributed by atoms with Crippen LogP contribution in [0.5, 0.6) is 0 Å². The Labute approximate surface area is 544 Å². The molecular weight excluding hydrogens is 1150 g/mol. The van der Waals surface area contributed by atoms with Crippen LogP contribution in [0.4, 0.5) is 0 Å². The first-order chi connectivity index (χ1) is 43.8. The van der Waals surface area contributed by atoms with Crippen LogP contribution in [0.2, 0.25) is 0 Å². The van der Waals surface area contributed by atoms with E-state index in [9.17, 15) is 61.0 Å². The topological polar surface area (TPSA) is 307 Å². The summed E-state index contributed by atoms with van der Waals surface area (Å²) in [5, 5.41) is 121. The van der Waals surface area contributed by atoms with Crippen molar-refractivity contribution in [2.24, 2.45) is 0 Å². The SMILES string of the molecule is CCCCCCCCCCCCCCCCCCCCCCCCCCCCCCCCCCC(=O)NC(COC1OC(CO)C(OC2OC(CO)C(OC3OC(CO)C(O)C(O)C3O)C(O)C2O)C(O)C1O)C(O)CCCCCCCCCCCCCCC. The normalized spacial score (nSPS) is 27.9. The fourth-order valence-electron chi connectivity index (χ4n) is 13.1. The molecular formula is C71H137NO18. The average molecular weight is 1290 g/mol. The monoisotopic (exact) mass is 1290 g/mol. The minimum atomic E-state index is -1.97. The first-order valence-electron chi connectivity index (χ1n) is 37.3. The third-order valence-corrected chi connectivity index (χ3v) is 19.2. The summed E-state index contributed by atoms with van der Waals surface area (Å²) in [5.74, 6) is -0.235. The third kappa shape index (κ3) is 35.2. The van der Waals surface area contributed by atoms with Crippen LogP contribution in [0.25, 0.3) is 0 Å². The number of amides is 1. The van der Waals surface area contributed by atoms with E-state index in [2.05, 4.69) is 19.2 Å². The lowest BCUT2D eigenvalue weighted by Crippen LogP contribution is -2.66. The fraction of sp³-hybridized carbons (Fsp3) is 0.986. The van der Waals surface area contributed by atoms with Crippen LogP contribution in [-0.4, -0.2) is 193 Å². The Morgan fingerprint density at radius 3 is 0.967 bits per heavy atom. The number of aliphatic hydroxyl groups excluding tert-OH is 11. The summed E-state index contributed by atoms with van der Waals surface area (Å²) in [6.07, 6.45) is 32.1. The molecule has 3 aliphatic rings. The zero-order valence-electron chi connectivity index (χ0n) is 56.7. The molecule has 3 heterocycles. The lowest BCUT2D eigenvalue weighted by Gasteiger charge is -2.48. The van der Waals surface area contributed by atoms with Crippen molar-refractivity contribution in [3.05, 3.63) is 0 Å². The molecule has 17 unspecified atom stereocenters. The van der Waals surface area contributed by atoms with Gasteiger partial charge in [-0.3, -0.25) is 4.79 Å². The summed E-state index contributed by atoms with van der Waals surface area (Å²) in [7, 11) is 0. The van der Waals surface area contributed by atoms with Crippen LogP contribution in [-0.2, 0) is 33.2 Å². The molecule has 19 nitrogen and oxygen atoms in total. The van der Waals surface area contributed by atoms with Crippen molar-refractivity contribution in [3.63, 3.8) is 0 Å². The number of carbonyl (C=O) groups is 1. The highest BCUT2D eigenvalue weighted by Crippen LogP contribution is 2.33. The van der Waals surface area contributed by atoms with E-state index < -0.39 is 124 Å². The minimum Gasteiger partial charge on any atom is -0.394 e. The van der Waals surface area contributed by atoms with Gasteiger partial charge in [-0.2, -0.15) is 0 Å². The van der Waals surface area contributed by atoms with E-state index in [1.807, 2.05) is 0 Å². The Balaban J connectivity index is 1.33. The van der Waals surface area contributed by atoms with Gasteiger partial charge < -0.3 is 89.9 Å². The van der Waals surface area contributed by atoms with Gasteiger partial charge in [0.25, 0.3) is 0 Å². The van der Waals surface area contributed by atoms with Gasteiger partial charge in [-0.25, -0.2) is 0 Å². The molecule has 3 rings (SSSR count). The number of aliphatic hydroxyl groups is 11. The molecule has 0 bridgehead atoms. The van der Waals surface area contributed by atoms with Crippen molar-refractivity contribution in [3.8, 4) is 0 Å². The van der Waals surface area contributed by atoms with E-state index in [0.717, 1.165) is 44.9 Å². The Hall–Kier alpha value is -1.21. The number of ether oxygens (including phenoxy) is 6. The summed E-state index contributed by atoms with van der Waals surface area (Å²) >= 11 is 0. The molecule has 534 valence electrons. The molecule has 3 saturated heterocycles. The number of unbranched alkanes of at least 4 members (excludes halogenated alkanes) is 43. The van der Waals surface area contributed by atoms with E-state index in [1.54, 1.807) is 0 Å². The molecule has 0 radical (unpaired) electrons. The maximum atomic E-state index is 13.4. The Morgan fingerprint density at radius 2 is 0.633 bits per heavy atom. The predicted molar refractivity (Wildman–Crippen MR) is 351 cm³/mol. The molecule has 90 heavy (non-hydrogen) atoms. The molecule has 19 heteroatoms. The summed E-state index contributed by atoms with van der Waals surface area (Å²) in [6.45, 7) is 1.84. The Morgan fingerprint density at radius 1 is 0.356 bits per heavy atom. The van der Waals surface area contributed by atoms with Crippen molar-refractivity contribution >= 4 is 5.91 Å². The van der Waals surface area contributed by atoms with Crippen LogP contribution in [0.15, 0.2) is 0 Å². The third-order valence-electron chi connectivity index (χ3n) is 19.2. The quantitative estimate of drug-likeness (QED) is 0.0252. The van der Waals surface area contributed by atoms with Crippen molar-refractivity contribution < 1.29 is 89.4 Å². The van der Waals surface area contributed by atoms with E-state index in [4.69, 9.17) is 28.4 Å². The van der Waals surface area contributed by atoms with E-state index >= 15 is 0 Å². The Kier molecular flexibility index (Phi) is 49.7. The summed E-state index contributed by atoms with van der Waals surface area (Å²) in [4.78, 5) is 13.4. The number of hydrogen-bond donors (Lipinski definition) is 12. The van der Waals surface area contributed by atoms with Crippen LogP contribution in [0.3, 0.4) is 0 Å². The van der Waals surface area contributed by atoms with Gasteiger partial charge in [-0.05, 0) is 12.8 Å². The molecule has 0 aliphatic carbocycles. The number of hydrogen-bond acceptors (Lipinski definition) is 18. The van der Waals surface area contributed by atoms with Gasteiger partial charge in [0.1, 0.15) is 73.2 Å². The molecule has 0 aromatic rings. The first kappa shape index (κ1) is 83.0. The molecule has 0 aromatic carbocycles. The van der Waals surface area contributed by atoms with Crippen LogP contribution in [0.1, 0.15) is 316 Å². The van der Waals surface area contributed by atoms with Crippen LogP contribution >= 0.6 is 0 Å². The maximum Gasteiger partial charge on any atom is 0.220 e. The Bertz CT molecular complexity index is 1640. The second kappa shape index (κ2) is 53.9.